The van der Waals surface area contributed by atoms with Gasteiger partial charge in [0.05, 0.1) is 6.61 Å². The zero-order chi connectivity index (χ0) is 16.5. The molecule has 0 radical (unpaired) electrons. The first-order chi connectivity index (χ1) is 11.3. The molecule has 2 aromatic rings. The molecule has 0 spiro atoms. The van der Waals surface area contributed by atoms with Crippen LogP contribution >= 0.6 is 0 Å². The highest BCUT2D eigenvalue weighted by Gasteiger charge is 2.08. The Morgan fingerprint density at radius 2 is 2.00 bits per heavy atom. The van der Waals surface area contributed by atoms with E-state index in [0.29, 0.717) is 13.0 Å². The second-order valence-corrected chi connectivity index (χ2v) is 5.51. The van der Waals surface area contributed by atoms with Gasteiger partial charge in [-0.1, -0.05) is 55.5 Å². The number of rotatable bonds is 8. The van der Waals surface area contributed by atoms with Gasteiger partial charge in [0.25, 0.3) is 0 Å². The predicted octanol–water partition coefficient (Wildman–Crippen LogP) is 5.06. The number of benzene rings is 2. The van der Waals surface area contributed by atoms with Gasteiger partial charge in [-0.05, 0) is 42.2 Å². The van der Waals surface area contributed by atoms with Crippen molar-refractivity contribution in [1.82, 2.24) is 0 Å². The van der Waals surface area contributed by atoms with Crippen LogP contribution in [0.2, 0.25) is 0 Å². The largest absolute Gasteiger partial charge is 0.493 e. The van der Waals surface area contributed by atoms with Crippen molar-refractivity contribution < 1.29 is 9.84 Å². The first-order valence-corrected chi connectivity index (χ1v) is 8.36. The number of fused-ring (bicyclic) bond motifs is 1. The molecule has 0 aromatic heterocycles. The fourth-order valence-corrected chi connectivity index (χ4v) is 2.69. The van der Waals surface area contributed by atoms with Gasteiger partial charge in [0, 0.05) is 18.6 Å². The number of allylic oxidation sites excluding steroid dienone is 3. The van der Waals surface area contributed by atoms with Crippen molar-refractivity contribution >= 4 is 10.8 Å². The molecular weight excluding hydrogens is 284 g/mol. The predicted molar refractivity (Wildman–Crippen MR) is 98.0 cm³/mol. The first-order valence-electron chi connectivity index (χ1n) is 8.36. The first kappa shape index (κ1) is 17.3. The molecule has 122 valence electrons. The van der Waals surface area contributed by atoms with Crippen LogP contribution in [-0.4, -0.2) is 18.3 Å². The van der Waals surface area contributed by atoms with Crippen LogP contribution in [0, 0.1) is 0 Å². The molecule has 2 nitrogen and oxygen atoms in total. The van der Waals surface area contributed by atoms with Gasteiger partial charge < -0.3 is 9.84 Å². The molecule has 0 atom stereocenters. The number of hydrogen-bond donors (Lipinski definition) is 1. The highest BCUT2D eigenvalue weighted by molar-refractivity contribution is 5.87. The van der Waals surface area contributed by atoms with Gasteiger partial charge in [-0.2, -0.15) is 0 Å². The van der Waals surface area contributed by atoms with Crippen LogP contribution in [0.1, 0.15) is 32.3 Å². The molecule has 23 heavy (non-hydrogen) atoms. The highest BCUT2D eigenvalue weighted by Crippen LogP contribution is 2.28. The van der Waals surface area contributed by atoms with Crippen LogP contribution in [0.5, 0.6) is 5.75 Å². The summed E-state index contributed by atoms with van der Waals surface area (Å²) in [7, 11) is 0. The Morgan fingerprint density at radius 3 is 2.74 bits per heavy atom. The number of aliphatic hydroxyl groups excluding tert-OH is 1. The minimum Gasteiger partial charge on any atom is -0.493 e. The molecule has 0 aliphatic carbocycles. The van der Waals surface area contributed by atoms with Crippen molar-refractivity contribution in [3.63, 3.8) is 0 Å². The third-order valence-electron chi connectivity index (χ3n) is 3.95. The van der Waals surface area contributed by atoms with Crippen molar-refractivity contribution in [3.8, 4) is 5.75 Å². The maximum atomic E-state index is 9.38. The van der Waals surface area contributed by atoms with Crippen LogP contribution in [0.4, 0.5) is 0 Å². The van der Waals surface area contributed by atoms with Crippen molar-refractivity contribution in [1.29, 1.82) is 0 Å². The fraction of sp³-hybridized carbons (Fsp3) is 0.333. The molecule has 2 heteroatoms. The van der Waals surface area contributed by atoms with Crippen molar-refractivity contribution in [2.45, 2.75) is 33.1 Å². The van der Waals surface area contributed by atoms with Gasteiger partial charge in [0.2, 0.25) is 0 Å². The fourth-order valence-electron chi connectivity index (χ4n) is 2.69. The minimum atomic E-state index is 0.129. The van der Waals surface area contributed by atoms with E-state index in [1.165, 1.54) is 11.0 Å². The monoisotopic (exact) mass is 310 g/mol. The van der Waals surface area contributed by atoms with E-state index in [1.54, 1.807) is 0 Å². The van der Waals surface area contributed by atoms with Gasteiger partial charge in [-0.3, -0.25) is 0 Å². The summed E-state index contributed by atoms with van der Waals surface area (Å²) >= 11 is 0. The lowest BCUT2D eigenvalue weighted by atomic mass is 10.0. The molecule has 0 saturated carbocycles. The molecule has 0 fully saturated rings. The van der Waals surface area contributed by atoms with Gasteiger partial charge >= 0.3 is 0 Å². The summed E-state index contributed by atoms with van der Waals surface area (Å²) < 4.78 is 6.02. The highest BCUT2D eigenvalue weighted by atomic mass is 16.5. The molecular formula is C21H26O2. The zero-order valence-corrected chi connectivity index (χ0v) is 14.1. The zero-order valence-electron chi connectivity index (χ0n) is 14.1. The van der Waals surface area contributed by atoms with E-state index in [-0.39, 0.29) is 6.61 Å². The summed E-state index contributed by atoms with van der Waals surface area (Å²) in [4.78, 5) is 0. The van der Waals surface area contributed by atoms with Crippen molar-refractivity contribution in [3.05, 3.63) is 65.8 Å². The number of aliphatic hydroxyl groups is 1. The number of hydrogen-bond acceptors (Lipinski definition) is 2. The second kappa shape index (κ2) is 9.16. The Hall–Kier alpha value is -2.06. The van der Waals surface area contributed by atoms with Gasteiger partial charge in [-0.25, -0.2) is 0 Å². The summed E-state index contributed by atoms with van der Waals surface area (Å²) in [6.45, 7) is 4.97. The van der Waals surface area contributed by atoms with E-state index >= 15 is 0 Å². The summed E-state index contributed by atoms with van der Waals surface area (Å²) in [5.41, 5.74) is 2.38. The minimum absolute atomic E-state index is 0.129. The smallest absolute Gasteiger partial charge is 0.123 e. The summed E-state index contributed by atoms with van der Waals surface area (Å²) in [5, 5.41) is 11.7. The molecule has 2 rings (SSSR count). The quantitative estimate of drug-likeness (QED) is 0.691. The maximum absolute atomic E-state index is 9.38. The Morgan fingerprint density at radius 1 is 1.17 bits per heavy atom. The normalized spacial score (nSPS) is 12.2. The standard InChI is InChI=1S/C21H26O2/c1-3-5-8-17(4-2)14-16-23-21-12-11-18-9-6-7-10-19(18)20(21)13-15-22/h4-12,22H,3,13-16H2,1-2H3/b8-5-,17-4+. The summed E-state index contributed by atoms with van der Waals surface area (Å²) in [6.07, 6.45) is 9.01. The Kier molecular flexibility index (Phi) is 6.89. The average molecular weight is 310 g/mol. The molecule has 0 bridgehead atoms. The lowest BCUT2D eigenvalue weighted by molar-refractivity contribution is 0.290. The Bertz CT molecular complexity index is 683. The van der Waals surface area contributed by atoms with E-state index in [4.69, 9.17) is 4.74 Å². The molecule has 2 aromatic carbocycles. The molecule has 0 unspecified atom stereocenters. The van der Waals surface area contributed by atoms with Crippen LogP contribution in [0.25, 0.3) is 10.8 Å². The van der Waals surface area contributed by atoms with E-state index in [2.05, 4.69) is 50.3 Å². The molecule has 0 heterocycles. The maximum Gasteiger partial charge on any atom is 0.123 e. The van der Waals surface area contributed by atoms with Crippen LogP contribution < -0.4 is 4.74 Å². The Labute approximate surface area is 139 Å². The van der Waals surface area contributed by atoms with Crippen LogP contribution in [-0.2, 0) is 6.42 Å². The third-order valence-corrected chi connectivity index (χ3v) is 3.95. The van der Waals surface area contributed by atoms with Crippen LogP contribution in [0.3, 0.4) is 0 Å². The SMILES string of the molecule is C/C=C(\C=C/CC)CCOc1ccc2ccccc2c1CCO. The third kappa shape index (κ3) is 4.70. The van der Waals surface area contributed by atoms with Gasteiger partial charge in [0.1, 0.15) is 5.75 Å². The van der Waals surface area contributed by atoms with E-state index in [0.717, 1.165) is 29.5 Å². The lowest BCUT2D eigenvalue weighted by Crippen LogP contribution is -2.03. The topological polar surface area (TPSA) is 29.5 Å². The molecule has 0 aliphatic rings. The second-order valence-electron chi connectivity index (χ2n) is 5.51. The summed E-state index contributed by atoms with van der Waals surface area (Å²) in [5.74, 6) is 0.882. The summed E-state index contributed by atoms with van der Waals surface area (Å²) in [6, 6.07) is 12.3. The molecule has 0 saturated heterocycles. The average Bonchev–Trinajstić information content (AvgIpc) is 2.59. The molecule has 0 amide bonds. The van der Waals surface area contributed by atoms with E-state index < -0.39 is 0 Å². The molecule has 0 aliphatic heterocycles. The van der Waals surface area contributed by atoms with Gasteiger partial charge in [0.15, 0.2) is 0 Å². The van der Waals surface area contributed by atoms with E-state index in [9.17, 15) is 5.11 Å². The van der Waals surface area contributed by atoms with Gasteiger partial charge in [-0.15, -0.1) is 0 Å². The van der Waals surface area contributed by atoms with Crippen LogP contribution in [0.15, 0.2) is 60.2 Å². The Balaban J connectivity index is 2.13. The van der Waals surface area contributed by atoms with Crippen molar-refractivity contribution in [2.24, 2.45) is 0 Å². The lowest BCUT2D eigenvalue weighted by Gasteiger charge is -2.14. The number of ether oxygens (including phenoxy) is 1. The molecule has 1 N–H and O–H groups in total. The van der Waals surface area contributed by atoms with E-state index in [1.807, 2.05) is 18.2 Å². The van der Waals surface area contributed by atoms with Crippen molar-refractivity contribution in [2.75, 3.05) is 13.2 Å².